The van der Waals surface area contributed by atoms with Gasteiger partial charge in [0.15, 0.2) is 0 Å². The second-order valence-electron chi connectivity index (χ2n) is 4.67. The summed E-state index contributed by atoms with van der Waals surface area (Å²) in [4.78, 5) is 0. The van der Waals surface area contributed by atoms with Gasteiger partial charge in [0.05, 0.1) is 0 Å². The van der Waals surface area contributed by atoms with Crippen LogP contribution in [0.25, 0.3) is 0 Å². The predicted molar refractivity (Wildman–Crippen MR) is 66.6 cm³/mol. The van der Waals surface area contributed by atoms with Gasteiger partial charge in [-0.25, -0.2) is 0 Å². The van der Waals surface area contributed by atoms with Crippen molar-refractivity contribution in [1.29, 1.82) is 0 Å². The summed E-state index contributed by atoms with van der Waals surface area (Å²) in [7, 11) is 0. The van der Waals surface area contributed by atoms with E-state index >= 15 is 0 Å². The summed E-state index contributed by atoms with van der Waals surface area (Å²) in [5.74, 6) is 1.32. The maximum Gasteiger partial charge on any atom is -0.00172 e. The third-order valence-electron chi connectivity index (χ3n) is 3.57. The topological polar surface area (TPSA) is 0 Å². The molecule has 0 radical (unpaired) electrons. The normalized spacial score (nSPS) is 30.0. The molecular formula is C15H20. The highest BCUT2D eigenvalue weighted by atomic mass is 14.2. The van der Waals surface area contributed by atoms with Gasteiger partial charge >= 0.3 is 0 Å². The molecule has 0 amide bonds. The molecule has 2 unspecified atom stereocenters. The van der Waals surface area contributed by atoms with E-state index in [2.05, 4.69) is 50.3 Å². The molecule has 0 bridgehead atoms. The second kappa shape index (κ2) is 4.65. The summed E-state index contributed by atoms with van der Waals surface area (Å²) in [6, 6.07) is 0. The van der Waals surface area contributed by atoms with Gasteiger partial charge in [-0.15, -0.1) is 0 Å². The molecule has 2 aliphatic rings. The third-order valence-corrected chi connectivity index (χ3v) is 3.57. The van der Waals surface area contributed by atoms with Crippen LogP contribution in [-0.2, 0) is 0 Å². The van der Waals surface area contributed by atoms with Crippen molar-refractivity contribution in [3.8, 4) is 0 Å². The molecule has 2 aliphatic carbocycles. The van der Waals surface area contributed by atoms with Crippen molar-refractivity contribution in [3.63, 3.8) is 0 Å². The second-order valence-corrected chi connectivity index (χ2v) is 4.67. The maximum absolute atomic E-state index is 2.38. The fraction of sp³-hybridized carbons (Fsp3) is 0.467. The van der Waals surface area contributed by atoms with Crippen LogP contribution >= 0.6 is 0 Å². The Labute approximate surface area is 93.1 Å². The first kappa shape index (κ1) is 10.5. The smallest absolute Gasteiger partial charge is 0.00172 e. The Balaban J connectivity index is 2.02. The number of hydrogen-bond donors (Lipinski definition) is 0. The molecule has 0 fully saturated rings. The number of rotatable bonds is 2. The summed E-state index contributed by atoms with van der Waals surface area (Å²) in [6.45, 7) is 4.53. The van der Waals surface area contributed by atoms with E-state index < -0.39 is 0 Å². The van der Waals surface area contributed by atoms with Crippen molar-refractivity contribution >= 4 is 0 Å². The molecule has 0 nitrogen and oxygen atoms in total. The van der Waals surface area contributed by atoms with Gasteiger partial charge in [0.2, 0.25) is 0 Å². The molecule has 0 N–H and O–H groups in total. The lowest BCUT2D eigenvalue weighted by Crippen LogP contribution is -2.10. The van der Waals surface area contributed by atoms with E-state index in [0.29, 0.717) is 11.8 Å². The minimum atomic E-state index is 0.662. The largest absolute Gasteiger partial charge is 0.0841 e. The predicted octanol–water partition coefficient (Wildman–Crippen LogP) is 4.42. The van der Waals surface area contributed by atoms with E-state index in [1.165, 1.54) is 6.42 Å². The van der Waals surface area contributed by atoms with Crippen LogP contribution in [0.3, 0.4) is 0 Å². The first-order valence-corrected chi connectivity index (χ1v) is 5.94. The van der Waals surface area contributed by atoms with Crippen molar-refractivity contribution in [2.45, 2.75) is 33.1 Å². The van der Waals surface area contributed by atoms with Gasteiger partial charge in [0, 0.05) is 0 Å². The average molecular weight is 200 g/mol. The van der Waals surface area contributed by atoms with Gasteiger partial charge in [0.1, 0.15) is 0 Å². The molecule has 0 heterocycles. The highest BCUT2D eigenvalue weighted by molar-refractivity contribution is 5.23. The highest BCUT2D eigenvalue weighted by Crippen LogP contribution is 2.31. The van der Waals surface area contributed by atoms with Crippen LogP contribution in [0.4, 0.5) is 0 Å². The van der Waals surface area contributed by atoms with Gasteiger partial charge < -0.3 is 0 Å². The van der Waals surface area contributed by atoms with Crippen LogP contribution in [0.15, 0.2) is 47.6 Å². The maximum atomic E-state index is 2.38. The SMILES string of the molecule is CC1=CCC=CC1CC1C=CCC=C1C. The van der Waals surface area contributed by atoms with Crippen LogP contribution in [0.5, 0.6) is 0 Å². The number of allylic oxidation sites excluding steroid dienone is 8. The van der Waals surface area contributed by atoms with Gasteiger partial charge in [-0.05, 0) is 44.9 Å². The monoisotopic (exact) mass is 200 g/mol. The Kier molecular flexibility index (Phi) is 3.25. The van der Waals surface area contributed by atoms with E-state index in [1.807, 2.05) is 0 Å². The van der Waals surface area contributed by atoms with E-state index in [-0.39, 0.29) is 0 Å². The van der Waals surface area contributed by atoms with Crippen molar-refractivity contribution in [2.24, 2.45) is 11.8 Å². The van der Waals surface area contributed by atoms with Gasteiger partial charge in [0.25, 0.3) is 0 Å². The molecule has 2 atom stereocenters. The summed E-state index contributed by atoms with van der Waals surface area (Å²) < 4.78 is 0. The lowest BCUT2D eigenvalue weighted by atomic mass is 9.81. The molecule has 2 rings (SSSR count). The van der Waals surface area contributed by atoms with E-state index in [9.17, 15) is 0 Å². The summed E-state index contributed by atoms with van der Waals surface area (Å²) in [6.07, 6.45) is 17.6. The van der Waals surface area contributed by atoms with Crippen LogP contribution in [0.2, 0.25) is 0 Å². The van der Waals surface area contributed by atoms with Crippen LogP contribution in [0, 0.1) is 11.8 Å². The summed E-state index contributed by atoms with van der Waals surface area (Å²) >= 11 is 0. The van der Waals surface area contributed by atoms with Crippen molar-refractivity contribution in [3.05, 3.63) is 47.6 Å². The van der Waals surface area contributed by atoms with Crippen LogP contribution in [-0.4, -0.2) is 0 Å². The first-order chi connectivity index (χ1) is 7.27. The summed E-state index contributed by atoms with van der Waals surface area (Å²) in [5.41, 5.74) is 3.09. The Morgan fingerprint density at radius 3 is 1.80 bits per heavy atom. The molecule has 0 saturated heterocycles. The Bertz CT molecular complexity index is 305. The molecule has 0 spiro atoms. The molecule has 0 aromatic carbocycles. The van der Waals surface area contributed by atoms with Crippen molar-refractivity contribution in [1.82, 2.24) is 0 Å². The minimum absolute atomic E-state index is 0.662. The van der Waals surface area contributed by atoms with Gasteiger partial charge in [-0.3, -0.25) is 0 Å². The van der Waals surface area contributed by atoms with E-state index in [0.717, 1.165) is 12.8 Å². The zero-order chi connectivity index (χ0) is 10.7. The molecule has 80 valence electrons. The van der Waals surface area contributed by atoms with Crippen LogP contribution in [0.1, 0.15) is 33.1 Å². The van der Waals surface area contributed by atoms with Gasteiger partial charge in [-0.2, -0.15) is 0 Å². The Morgan fingerprint density at radius 1 is 0.933 bits per heavy atom. The molecule has 0 saturated carbocycles. The van der Waals surface area contributed by atoms with Crippen LogP contribution < -0.4 is 0 Å². The molecule has 0 aromatic heterocycles. The Morgan fingerprint density at radius 2 is 1.40 bits per heavy atom. The molecule has 0 aromatic rings. The molecular weight excluding hydrogens is 180 g/mol. The molecule has 0 heteroatoms. The zero-order valence-electron chi connectivity index (χ0n) is 9.74. The zero-order valence-corrected chi connectivity index (χ0v) is 9.74. The fourth-order valence-electron chi connectivity index (χ4n) is 2.40. The van der Waals surface area contributed by atoms with Crippen molar-refractivity contribution in [2.75, 3.05) is 0 Å². The average Bonchev–Trinajstić information content (AvgIpc) is 2.24. The Hall–Kier alpha value is -1.04. The quantitative estimate of drug-likeness (QED) is 0.579. The standard InChI is InChI=1S/C15H20/c1-12-7-3-5-9-14(12)11-15-10-6-4-8-13(15)2/h5-10,14-15H,3-4,11H2,1-2H3. The number of hydrogen-bond acceptors (Lipinski definition) is 0. The summed E-state index contributed by atoms with van der Waals surface area (Å²) in [5, 5.41) is 0. The van der Waals surface area contributed by atoms with E-state index in [4.69, 9.17) is 0 Å². The first-order valence-electron chi connectivity index (χ1n) is 5.94. The minimum Gasteiger partial charge on any atom is -0.0841 e. The molecule has 15 heavy (non-hydrogen) atoms. The van der Waals surface area contributed by atoms with Crippen molar-refractivity contribution < 1.29 is 0 Å². The lowest BCUT2D eigenvalue weighted by molar-refractivity contribution is 0.568. The third kappa shape index (κ3) is 2.50. The van der Waals surface area contributed by atoms with Gasteiger partial charge in [-0.1, -0.05) is 47.6 Å². The molecule has 0 aliphatic heterocycles. The van der Waals surface area contributed by atoms with E-state index in [1.54, 1.807) is 11.1 Å². The fourth-order valence-corrected chi connectivity index (χ4v) is 2.40. The highest BCUT2D eigenvalue weighted by Gasteiger charge is 2.17. The lowest BCUT2D eigenvalue weighted by Gasteiger charge is -2.24.